The van der Waals surface area contributed by atoms with Crippen molar-refractivity contribution in [3.63, 3.8) is 0 Å². The molecule has 0 aliphatic carbocycles. The van der Waals surface area contributed by atoms with Crippen molar-refractivity contribution in [3.05, 3.63) is 52.8 Å². The van der Waals surface area contributed by atoms with E-state index in [1.54, 1.807) is 0 Å². The van der Waals surface area contributed by atoms with Crippen molar-refractivity contribution in [3.8, 4) is 0 Å². The Morgan fingerprint density at radius 3 is 2.52 bits per heavy atom. The van der Waals surface area contributed by atoms with E-state index < -0.39 is 0 Å². The molecule has 3 heteroatoms. The van der Waals surface area contributed by atoms with E-state index in [1.165, 1.54) is 11.4 Å². The normalized spacial score (nSPS) is 15.9. The molecule has 1 aromatic carbocycles. The Balaban J connectivity index is 2.16. The fourth-order valence-corrected chi connectivity index (χ4v) is 2.95. The van der Waals surface area contributed by atoms with Gasteiger partial charge in [-0.05, 0) is 44.5 Å². The standard InChI is InChI=1S/C18H20N2O/c1-5-20-17-9-7-6-8-15(17)16(18(20)21)11-14-10-12(2)19(4)13(14)3/h6-11H,5H2,1-4H3. The van der Waals surface area contributed by atoms with Gasteiger partial charge in [0.1, 0.15) is 0 Å². The number of rotatable bonds is 2. The zero-order valence-electron chi connectivity index (χ0n) is 13.0. The summed E-state index contributed by atoms with van der Waals surface area (Å²) in [6.07, 6.45) is 2.03. The number of benzene rings is 1. The van der Waals surface area contributed by atoms with E-state index in [0.717, 1.165) is 22.4 Å². The lowest BCUT2D eigenvalue weighted by Gasteiger charge is -2.13. The highest BCUT2D eigenvalue weighted by molar-refractivity contribution is 6.35. The highest BCUT2D eigenvalue weighted by Crippen LogP contribution is 2.37. The van der Waals surface area contributed by atoms with Crippen LogP contribution in [-0.4, -0.2) is 17.0 Å². The summed E-state index contributed by atoms with van der Waals surface area (Å²) in [5, 5.41) is 0. The molecule has 3 nitrogen and oxygen atoms in total. The lowest BCUT2D eigenvalue weighted by Crippen LogP contribution is -2.25. The topological polar surface area (TPSA) is 25.2 Å². The number of carbonyl (C=O) groups excluding carboxylic acids is 1. The van der Waals surface area contributed by atoms with Crippen LogP contribution >= 0.6 is 0 Å². The van der Waals surface area contributed by atoms with E-state index >= 15 is 0 Å². The van der Waals surface area contributed by atoms with Crippen molar-refractivity contribution in [2.45, 2.75) is 20.8 Å². The van der Waals surface area contributed by atoms with Gasteiger partial charge in [0.2, 0.25) is 0 Å². The van der Waals surface area contributed by atoms with Gasteiger partial charge in [0.15, 0.2) is 0 Å². The Morgan fingerprint density at radius 1 is 1.19 bits per heavy atom. The van der Waals surface area contributed by atoms with Gasteiger partial charge < -0.3 is 9.47 Å². The van der Waals surface area contributed by atoms with Crippen molar-refractivity contribution >= 4 is 23.2 Å². The molecule has 2 aromatic rings. The van der Waals surface area contributed by atoms with Crippen LogP contribution in [0.25, 0.3) is 11.6 Å². The molecule has 0 bridgehead atoms. The summed E-state index contributed by atoms with van der Waals surface area (Å²) in [5.41, 5.74) is 6.34. The number of likely N-dealkylation sites (N-methyl/N-ethyl adjacent to an activating group) is 1. The van der Waals surface area contributed by atoms with E-state index in [9.17, 15) is 4.79 Å². The maximum absolute atomic E-state index is 12.7. The Morgan fingerprint density at radius 2 is 1.90 bits per heavy atom. The first-order valence-corrected chi connectivity index (χ1v) is 7.30. The molecule has 0 saturated heterocycles. The molecule has 0 spiro atoms. The number of hydrogen-bond acceptors (Lipinski definition) is 1. The first-order valence-electron chi connectivity index (χ1n) is 7.30. The zero-order chi connectivity index (χ0) is 15.1. The summed E-state index contributed by atoms with van der Waals surface area (Å²) in [7, 11) is 2.05. The second-order valence-electron chi connectivity index (χ2n) is 5.51. The van der Waals surface area contributed by atoms with Crippen LogP contribution in [0.15, 0.2) is 30.3 Å². The number of nitrogens with zero attached hydrogens (tertiary/aromatic N) is 2. The average molecular weight is 280 g/mol. The minimum atomic E-state index is 0.0969. The monoisotopic (exact) mass is 280 g/mol. The second-order valence-corrected chi connectivity index (χ2v) is 5.51. The first-order chi connectivity index (χ1) is 10.0. The van der Waals surface area contributed by atoms with Crippen LogP contribution in [0, 0.1) is 13.8 Å². The van der Waals surface area contributed by atoms with Gasteiger partial charge in [0, 0.05) is 36.1 Å². The number of aromatic nitrogens is 1. The molecule has 0 fully saturated rings. The molecule has 1 aromatic heterocycles. The summed E-state index contributed by atoms with van der Waals surface area (Å²) >= 11 is 0. The van der Waals surface area contributed by atoms with Crippen LogP contribution in [0.5, 0.6) is 0 Å². The van der Waals surface area contributed by atoms with Gasteiger partial charge in [-0.3, -0.25) is 4.79 Å². The molecule has 1 aliphatic rings. The molecule has 0 N–H and O–H groups in total. The van der Waals surface area contributed by atoms with Gasteiger partial charge in [-0.2, -0.15) is 0 Å². The first kappa shape index (κ1) is 13.7. The Bertz CT molecular complexity index is 753. The second kappa shape index (κ2) is 4.92. The Kier molecular flexibility index (Phi) is 3.20. The fourth-order valence-electron chi connectivity index (χ4n) is 2.95. The maximum Gasteiger partial charge on any atom is 0.258 e. The van der Waals surface area contributed by atoms with Gasteiger partial charge in [0.25, 0.3) is 5.91 Å². The fraction of sp³-hybridized carbons (Fsp3) is 0.278. The summed E-state index contributed by atoms with van der Waals surface area (Å²) in [6, 6.07) is 10.1. The van der Waals surface area contributed by atoms with Gasteiger partial charge in [-0.1, -0.05) is 18.2 Å². The molecule has 3 rings (SSSR count). The molecule has 0 unspecified atom stereocenters. The smallest absolute Gasteiger partial charge is 0.258 e. The van der Waals surface area contributed by atoms with E-state index in [1.807, 2.05) is 42.2 Å². The summed E-state index contributed by atoms with van der Waals surface area (Å²) in [5.74, 6) is 0.0969. The SMILES string of the molecule is CCN1C(=O)C(=Cc2cc(C)n(C)c2C)c2ccccc21. The number of para-hydroxylation sites is 1. The van der Waals surface area contributed by atoms with Crippen LogP contribution in [0.4, 0.5) is 5.69 Å². The van der Waals surface area contributed by atoms with Crippen molar-refractivity contribution < 1.29 is 4.79 Å². The average Bonchev–Trinajstić information content (AvgIpc) is 2.89. The minimum Gasteiger partial charge on any atom is -0.352 e. The van der Waals surface area contributed by atoms with Crippen LogP contribution in [0.1, 0.15) is 29.4 Å². The third-order valence-corrected chi connectivity index (χ3v) is 4.39. The van der Waals surface area contributed by atoms with E-state index in [4.69, 9.17) is 0 Å². The zero-order valence-corrected chi connectivity index (χ0v) is 13.0. The predicted molar refractivity (Wildman–Crippen MR) is 87.2 cm³/mol. The lowest BCUT2D eigenvalue weighted by atomic mass is 10.0. The van der Waals surface area contributed by atoms with Crippen molar-refractivity contribution in [1.82, 2.24) is 4.57 Å². The molecule has 0 radical (unpaired) electrons. The highest BCUT2D eigenvalue weighted by Gasteiger charge is 2.30. The summed E-state index contributed by atoms with van der Waals surface area (Å²) in [6.45, 7) is 6.87. The Hall–Kier alpha value is -2.29. The van der Waals surface area contributed by atoms with E-state index in [2.05, 4.69) is 31.5 Å². The molecular formula is C18H20N2O. The molecular weight excluding hydrogens is 260 g/mol. The maximum atomic E-state index is 12.7. The molecule has 0 saturated carbocycles. The molecule has 1 aliphatic heterocycles. The molecule has 108 valence electrons. The third-order valence-electron chi connectivity index (χ3n) is 4.39. The van der Waals surface area contributed by atoms with E-state index in [0.29, 0.717) is 6.54 Å². The number of carbonyl (C=O) groups is 1. The number of anilines is 1. The lowest BCUT2D eigenvalue weighted by molar-refractivity contribution is -0.112. The van der Waals surface area contributed by atoms with Crippen LogP contribution < -0.4 is 4.90 Å². The van der Waals surface area contributed by atoms with Crippen molar-refractivity contribution in [1.29, 1.82) is 0 Å². The number of aryl methyl sites for hydroxylation is 1. The highest BCUT2D eigenvalue weighted by atomic mass is 16.2. The predicted octanol–water partition coefficient (Wildman–Crippen LogP) is 3.55. The molecule has 1 amide bonds. The minimum absolute atomic E-state index is 0.0969. The Labute approximate surface area is 125 Å². The summed E-state index contributed by atoms with van der Waals surface area (Å²) < 4.78 is 2.15. The number of hydrogen-bond donors (Lipinski definition) is 0. The summed E-state index contributed by atoms with van der Waals surface area (Å²) in [4.78, 5) is 14.5. The van der Waals surface area contributed by atoms with Gasteiger partial charge >= 0.3 is 0 Å². The van der Waals surface area contributed by atoms with Crippen molar-refractivity contribution in [2.24, 2.45) is 7.05 Å². The van der Waals surface area contributed by atoms with Gasteiger partial charge in [-0.15, -0.1) is 0 Å². The number of amides is 1. The third kappa shape index (κ3) is 2.00. The quantitative estimate of drug-likeness (QED) is 0.772. The molecule has 21 heavy (non-hydrogen) atoms. The van der Waals surface area contributed by atoms with Gasteiger partial charge in [-0.25, -0.2) is 0 Å². The van der Waals surface area contributed by atoms with Crippen LogP contribution in [0.3, 0.4) is 0 Å². The number of fused-ring (bicyclic) bond motifs is 1. The molecule has 0 atom stereocenters. The largest absolute Gasteiger partial charge is 0.352 e. The van der Waals surface area contributed by atoms with Crippen LogP contribution in [0.2, 0.25) is 0 Å². The van der Waals surface area contributed by atoms with Crippen molar-refractivity contribution in [2.75, 3.05) is 11.4 Å². The molecule has 2 heterocycles. The van der Waals surface area contributed by atoms with Crippen LogP contribution in [-0.2, 0) is 11.8 Å². The van der Waals surface area contributed by atoms with E-state index in [-0.39, 0.29) is 5.91 Å². The van der Waals surface area contributed by atoms with Gasteiger partial charge in [0.05, 0.1) is 5.69 Å².